The second-order valence-corrected chi connectivity index (χ2v) is 6.69. The van der Waals surface area contributed by atoms with Crippen LogP contribution in [0.1, 0.15) is 11.1 Å². The lowest BCUT2D eigenvalue weighted by atomic mass is 9.94. The third kappa shape index (κ3) is 2.97. The Kier molecular flexibility index (Phi) is 4.42. The van der Waals surface area contributed by atoms with Gasteiger partial charge in [-0.05, 0) is 23.3 Å². The van der Waals surface area contributed by atoms with Gasteiger partial charge in [-0.15, -0.1) is 0 Å². The predicted octanol–water partition coefficient (Wildman–Crippen LogP) is 1.09. The number of aliphatic imine (C=N–C) groups is 2. The first-order valence-electron chi connectivity index (χ1n) is 8.57. The summed E-state index contributed by atoms with van der Waals surface area (Å²) in [4.78, 5) is 8.66. The van der Waals surface area contributed by atoms with Crippen LogP contribution in [0.15, 0.2) is 58.5 Å². The van der Waals surface area contributed by atoms with E-state index in [0.29, 0.717) is 24.3 Å². The SMILES string of the molecule is O[C@H]([C@H](O)[C@H](O)C1=Nc2ccccc2C1)[C@@H](O)C1=Nc2ccccc2C1. The predicted molar refractivity (Wildman–Crippen MR) is 98.5 cm³/mol. The fraction of sp³-hybridized carbons (Fsp3) is 0.300. The smallest absolute Gasteiger partial charge is 0.121 e. The summed E-state index contributed by atoms with van der Waals surface area (Å²) in [5.41, 5.74) is 4.17. The first-order chi connectivity index (χ1) is 12.5. The molecule has 134 valence electrons. The van der Waals surface area contributed by atoms with E-state index in [9.17, 15) is 20.4 Å². The van der Waals surface area contributed by atoms with Gasteiger partial charge in [0.15, 0.2) is 0 Å². The number of hydrogen-bond donors (Lipinski definition) is 4. The molecule has 0 radical (unpaired) electrons. The van der Waals surface area contributed by atoms with Crippen molar-refractivity contribution in [1.82, 2.24) is 0 Å². The van der Waals surface area contributed by atoms with Gasteiger partial charge in [-0.25, -0.2) is 0 Å². The van der Waals surface area contributed by atoms with Gasteiger partial charge in [0.2, 0.25) is 0 Å². The molecular formula is C20H20N2O4. The number of aliphatic hydroxyl groups is 4. The van der Waals surface area contributed by atoms with E-state index >= 15 is 0 Å². The Balaban J connectivity index is 1.46. The van der Waals surface area contributed by atoms with E-state index in [2.05, 4.69) is 9.98 Å². The number of hydrogen-bond acceptors (Lipinski definition) is 6. The molecule has 6 nitrogen and oxygen atoms in total. The minimum Gasteiger partial charge on any atom is -0.387 e. The normalized spacial score (nSPS) is 19.8. The highest BCUT2D eigenvalue weighted by atomic mass is 16.4. The van der Waals surface area contributed by atoms with Gasteiger partial charge in [0, 0.05) is 12.8 Å². The number of aliphatic hydroxyl groups excluding tert-OH is 4. The fourth-order valence-corrected chi connectivity index (χ4v) is 3.43. The average Bonchev–Trinajstić information content (AvgIpc) is 3.29. The number of fused-ring (bicyclic) bond motifs is 2. The van der Waals surface area contributed by atoms with Gasteiger partial charge in [-0.1, -0.05) is 36.4 Å². The Bertz CT molecular complexity index is 819. The van der Waals surface area contributed by atoms with E-state index in [0.717, 1.165) is 22.5 Å². The maximum atomic E-state index is 10.4. The van der Waals surface area contributed by atoms with Gasteiger partial charge in [0.05, 0.1) is 22.8 Å². The largest absolute Gasteiger partial charge is 0.387 e. The standard InChI is InChI=1S/C20H20N2O4/c23-17(15-9-11-5-1-3-7-13(11)21-15)19(25)20(26)18(24)16-10-12-6-2-4-8-14(12)22-16/h1-8,17-20,23-26H,9-10H2/t17-,18+,19-,20+. The number of benzene rings is 2. The van der Waals surface area contributed by atoms with Gasteiger partial charge >= 0.3 is 0 Å². The molecule has 2 aliphatic heterocycles. The van der Waals surface area contributed by atoms with Crippen molar-refractivity contribution in [2.24, 2.45) is 9.98 Å². The maximum absolute atomic E-state index is 10.4. The van der Waals surface area contributed by atoms with Crippen molar-refractivity contribution in [2.75, 3.05) is 0 Å². The van der Waals surface area contributed by atoms with Crippen molar-refractivity contribution in [2.45, 2.75) is 37.3 Å². The molecule has 4 rings (SSSR count). The lowest BCUT2D eigenvalue weighted by Crippen LogP contribution is -2.50. The van der Waals surface area contributed by atoms with Crippen LogP contribution in [-0.4, -0.2) is 56.3 Å². The van der Waals surface area contributed by atoms with Crippen LogP contribution in [0.2, 0.25) is 0 Å². The first kappa shape index (κ1) is 17.1. The molecule has 4 N–H and O–H groups in total. The van der Waals surface area contributed by atoms with Crippen LogP contribution < -0.4 is 0 Å². The van der Waals surface area contributed by atoms with Gasteiger partial charge in [-0.2, -0.15) is 0 Å². The topological polar surface area (TPSA) is 106 Å². The third-order valence-electron chi connectivity index (χ3n) is 4.93. The molecule has 0 aliphatic carbocycles. The second-order valence-electron chi connectivity index (χ2n) is 6.69. The summed E-state index contributed by atoms with van der Waals surface area (Å²) in [7, 11) is 0. The summed E-state index contributed by atoms with van der Waals surface area (Å²) in [6.45, 7) is 0. The molecule has 0 unspecified atom stereocenters. The van der Waals surface area contributed by atoms with Crippen LogP contribution in [0.25, 0.3) is 0 Å². The number of nitrogens with zero attached hydrogens (tertiary/aromatic N) is 2. The van der Waals surface area contributed by atoms with Crippen LogP contribution in [0.4, 0.5) is 11.4 Å². The van der Waals surface area contributed by atoms with E-state index < -0.39 is 24.4 Å². The zero-order chi connectivity index (χ0) is 18.3. The zero-order valence-electron chi connectivity index (χ0n) is 14.0. The molecule has 0 aromatic heterocycles. The molecule has 0 saturated heterocycles. The molecular weight excluding hydrogens is 332 g/mol. The molecule has 0 saturated carbocycles. The first-order valence-corrected chi connectivity index (χ1v) is 8.57. The van der Waals surface area contributed by atoms with E-state index in [-0.39, 0.29) is 0 Å². The number of para-hydroxylation sites is 2. The highest BCUT2D eigenvalue weighted by molar-refractivity contribution is 5.99. The molecule has 0 fully saturated rings. The molecule has 2 aliphatic rings. The maximum Gasteiger partial charge on any atom is 0.121 e. The van der Waals surface area contributed by atoms with Crippen LogP contribution >= 0.6 is 0 Å². The van der Waals surface area contributed by atoms with Crippen molar-refractivity contribution < 1.29 is 20.4 Å². The van der Waals surface area contributed by atoms with Crippen LogP contribution in [0.3, 0.4) is 0 Å². The average molecular weight is 352 g/mol. The third-order valence-corrected chi connectivity index (χ3v) is 4.93. The summed E-state index contributed by atoms with van der Waals surface area (Å²) in [6, 6.07) is 14.9. The summed E-state index contributed by atoms with van der Waals surface area (Å²) < 4.78 is 0. The van der Waals surface area contributed by atoms with Crippen LogP contribution in [0, 0.1) is 0 Å². The quantitative estimate of drug-likeness (QED) is 0.646. The second kappa shape index (κ2) is 6.74. The van der Waals surface area contributed by atoms with Crippen LogP contribution in [-0.2, 0) is 12.8 Å². The highest BCUT2D eigenvalue weighted by Crippen LogP contribution is 2.30. The van der Waals surface area contributed by atoms with Crippen molar-refractivity contribution in [3.05, 3.63) is 59.7 Å². The summed E-state index contributed by atoms with van der Waals surface area (Å²) in [5, 5.41) is 41.6. The summed E-state index contributed by atoms with van der Waals surface area (Å²) >= 11 is 0. The molecule has 26 heavy (non-hydrogen) atoms. The van der Waals surface area contributed by atoms with Gasteiger partial charge in [0.25, 0.3) is 0 Å². The summed E-state index contributed by atoms with van der Waals surface area (Å²) in [6.07, 6.45) is -5.05. The van der Waals surface area contributed by atoms with Crippen molar-refractivity contribution in [3.8, 4) is 0 Å². The van der Waals surface area contributed by atoms with Crippen molar-refractivity contribution in [3.63, 3.8) is 0 Å². The Morgan fingerprint density at radius 1 is 0.615 bits per heavy atom. The Morgan fingerprint density at radius 2 is 1.00 bits per heavy atom. The minimum absolute atomic E-state index is 0.376. The monoisotopic (exact) mass is 352 g/mol. The van der Waals surface area contributed by atoms with E-state index in [4.69, 9.17) is 0 Å². The lowest BCUT2D eigenvalue weighted by molar-refractivity contribution is -0.0706. The van der Waals surface area contributed by atoms with Gasteiger partial charge < -0.3 is 20.4 Å². The molecule has 4 atom stereocenters. The van der Waals surface area contributed by atoms with Gasteiger partial charge in [-0.3, -0.25) is 9.98 Å². The van der Waals surface area contributed by atoms with Crippen molar-refractivity contribution in [1.29, 1.82) is 0 Å². The van der Waals surface area contributed by atoms with Gasteiger partial charge in [0.1, 0.15) is 24.4 Å². The minimum atomic E-state index is -1.57. The molecule has 2 heterocycles. The zero-order valence-corrected chi connectivity index (χ0v) is 14.0. The molecule has 0 amide bonds. The van der Waals surface area contributed by atoms with Crippen molar-refractivity contribution >= 4 is 22.8 Å². The Hall–Kier alpha value is -2.38. The lowest BCUT2D eigenvalue weighted by Gasteiger charge is -2.26. The molecule has 2 aromatic rings. The van der Waals surface area contributed by atoms with Crippen LogP contribution in [0.5, 0.6) is 0 Å². The highest BCUT2D eigenvalue weighted by Gasteiger charge is 2.37. The molecule has 0 bridgehead atoms. The Morgan fingerprint density at radius 3 is 1.38 bits per heavy atom. The molecule has 2 aromatic carbocycles. The summed E-state index contributed by atoms with van der Waals surface area (Å²) in [5.74, 6) is 0. The van der Waals surface area contributed by atoms with E-state index in [1.807, 2.05) is 48.5 Å². The van der Waals surface area contributed by atoms with E-state index in [1.165, 1.54) is 0 Å². The molecule has 0 spiro atoms. The Labute approximate surface area is 150 Å². The molecule has 6 heteroatoms. The van der Waals surface area contributed by atoms with E-state index in [1.54, 1.807) is 0 Å². The number of rotatable bonds is 5. The fourth-order valence-electron chi connectivity index (χ4n) is 3.43.